The normalized spacial score (nSPS) is 11.8. The van der Waals surface area contributed by atoms with Crippen LogP contribution in [0.15, 0.2) is 200 Å². The second-order valence-electron chi connectivity index (χ2n) is 14.8. The van der Waals surface area contributed by atoms with Gasteiger partial charge in [-0.3, -0.25) is 0 Å². The Morgan fingerprint density at radius 1 is 0.310 bits per heavy atom. The van der Waals surface area contributed by atoms with Gasteiger partial charge in [0.25, 0.3) is 0 Å². The highest BCUT2D eigenvalue weighted by Gasteiger charge is 2.23. The third kappa shape index (κ3) is 4.93. The molecule has 0 N–H and O–H groups in total. The highest BCUT2D eigenvalue weighted by atomic mass is 15.0. The van der Waals surface area contributed by atoms with E-state index in [1.807, 2.05) is 36.4 Å². The van der Waals surface area contributed by atoms with Gasteiger partial charge in [-0.15, -0.1) is 0 Å². The van der Waals surface area contributed by atoms with Gasteiger partial charge in [-0.2, -0.15) is 0 Å². The van der Waals surface area contributed by atoms with E-state index in [1.165, 1.54) is 43.4 Å². The Morgan fingerprint density at radius 2 is 0.862 bits per heavy atom. The molecule has 0 bridgehead atoms. The molecule has 58 heavy (non-hydrogen) atoms. The summed E-state index contributed by atoms with van der Waals surface area (Å²) in [6, 6.07) is 70.9. The fourth-order valence-electron chi connectivity index (χ4n) is 8.99. The third-order valence-corrected chi connectivity index (χ3v) is 11.5. The van der Waals surface area contributed by atoms with Gasteiger partial charge in [0.2, 0.25) is 0 Å². The van der Waals surface area contributed by atoms with Crippen LogP contribution in [-0.2, 0) is 0 Å². The first kappa shape index (κ1) is 32.4. The van der Waals surface area contributed by atoms with Crippen LogP contribution in [0.25, 0.3) is 111 Å². The van der Waals surface area contributed by atoms with Gasteiger partial charge in [-0.25, -0.2) is 15.0 Å². The van der Waals surface area contributed by atoms with Gasteiger partial charge < -0.3 is 9.13 Å². The van der Waals surface area contributed by atoms with Crippen molar-refractivity contribution in [2.24, 2.45) is 0 Å². The van der Waals surface area contributed by atoms with Crippen molar-refractivity contribution < 1.29 is 0 Å². The van der Waals surface area contributed by atoms with Crippen LogP contribution >= 0.6 is 0 Å². The zero-order valence-electron chi connectivity index (χ0n) is 31.3. The molecule has 3 heterocycles. The van der Waals surface area contributed by atoms with Crippen LogP contribution in [0, 0.1) is 0 Å². The maximum Gasteiger partial charge on any atom is 0.164 e. The summed E-state index contributed by atoms with van der Waals surface area (Å²) in [7, 11) is 0. The lowest BCUT2D eigenvalue weighted by molar-refractivity contribution is 1.07. The van der Waals surface area contributed by atoms with E-state index in [0.717, 1.165) is 49.9 Å². The Kier molecular flexibility index (Phi) is 7.16. The highest BCUT2D eigenvalue weighted by Crippen LogP contribution is 2.44. The third-order valence-electron chi connectivity index (χ3n) is 11.5. The molecule has 0 unspecified atom stereocenters. The molecule has 0 radical (unpaired) electrons. The van der Waals surface area contributed by atoms with Crippen molar-refractivity contribution in [1.82, 2.24) is 24.1 Å². The van der Waals surface area contributed by atoms with Crippen LogP contribution in [0.4, 0.5) is 0 Å². The second kappa shape index (κ2) is 12.8. The lowest BCUT2D eigenvalue weighted by Gasteiger charge is -2.14. The molecule has 5 heteroatoms. The fourth-order valence-corrected chi connectivity index (χ4v) is 8.99. The van der Waals surface area contributed by atoms with E-state index in [2.05, 4.69) is 173 Å². The second-order valence-corrected chi connectivity index (χ2v) is 14.8. The molecule has 3 aromatic heterocycles. The topological polar surface area (TPSA) is 48.5 Å². The van der Waals surface area contributed by atoms with Gasteiger partial charge >= 0.3 is 0 Å². The zero-order chi connectivity index (χ0) is 38.2. The van der Waals surface area contributed by atoms with Crippen LogP contribution in [-0.4, -0.2) is 24.1 Å². The van der Waals surface area contributed by atoms with Crippen molar-refractivity contribution in [2.75, 3.05) is 0 Å². The minimum Gasteiger partial charge on any atom is -0.309 e. The summed E-state index contributed by atoms with van der Waals surface area (Å²) in [4.78, 5) is 15.4. The molecule has 12 rings (SSSR count). The molecule has 270 valence electrons. The molecule has 0 amide bonds. The summed E-state index contributed by atoms with van der Waals surface area (Å²) < 4.78 is 4.88. The summed E-state index contributed by atoms with van der Waals surface area (Å²) in [5.41, 5.74) is 9.65. The van der Waals surface area contributed by atoms with Crippen LogP contribution < -0.4 is 0 Å². The quantitative estimate of drug-likeness (QED) is 0.177. The van der Waals surface area contributed by atoms with Crippen molar-refractivity contribution in [2.45, 2.75) is 0 Å². The molecular weight excluding hydrogens is 707 g/mol. The summed E-state index contributed by atoms with van der Waals surface area (Å²) in [6.45, 7) is 0. The monoisotopic (exact) mass is 739 g/mol. The molecular formula is C53H33N5. The van der Waals surface area contributed by atoms with Crippen molar-refractivity contribution in [3.63, 3.8) is 0 Å². The molecule has 0 spiro atoms. The molecule has 9 aromatic carbocycles. The lowest BCUT2D eigenvalue weighted by Crippen LogP contribution is -2.02. The number of hydrogen-bond acceptors (Lipinski definition) is 3. The van der Waals surface area contributed by atoms with Crippen LogP contribution in [0.2, 0.25) is 0 Å². The molecule has 0 aliphatic carbocycles. The van der Waals surface area contributed by atoms with E-state index in [4.69, 9.17) is 15.0 Å². The van der Waals surface area contributed by atoms with Gasteiger partial charge in [0.1, 0.15) is 0 Å². The maximum absolute atomic E-state index is 5.20. The zero-order valence-corrected chi connectivity index (χ0v) is 31.3. The number of rotatable bonds is 5. The van der Waals surface area contributed by atoms with E-state index in [9.17, 15) is 0 Å². The summed E-state index contributed by atoms with van der Waals surface area (Å²) in [6.07, 6.45) is 0. The van der Waals surface area contributed by atoms with E-state index in [1.54, 1.807) is 0 Å². The number of aromatic nitrogens is 5. The van der Waals surface area contributed by atoms with Crippen molar-refractivity contribution >= 4 is 65.2 Å². The smallest absolute Gasteiger partial charge is 0.164 e. The summed E-state index contributed by atoms with van der Waals surface area (Å²) in [5, 5.41) is 9.58. The first-order valence-electron chi connectivity index (χ1n) is 19.6. The summed E-state index contributed by atoms with van der Waals surface area (Å²) in [5.74, 6) is 1.91. The molecule has 12 aromatic rings. The Hall–Kier alpha value is -7.89. The minimum atomic E-state index is 0.630. The average Bonchev–Trinajstić information content (AvgIpc) is 3.83. The largest absolute Gasteiger partial charge is 0.309 e. The van der Waals surface area contributed by atoms with Gasteiger partial charge in [0.05, 0.1) is 22.1 Å². The molecule has 0 saturated carbocycles. The molecule has 5 nitrogen and oxygen atoms in total. The SMILES string of the molecule is c1ccc(-c2nc(-c3ccccc3)nc(-c3cc(-n4c5ccccc5c5c4ccc4c6c7ccccc7ccc6n(-c6ccccc6)c45)cc4ccccc34)n2)cc1. The number of fused-ring (bicyclic) bond motifs is 10. The van der Waals surface area contributed by atoms with Crippen LogP contribution in [0.1, 0.15) is 0 Å². The molecule has 0 atom stereocenters. The van der Waals surface area contributed by atoms with Crippen LogP contribution in [0.5, 0.6) is 0 Å². The van der Waals surface area contributed by atoms with E-state index in [0.29, 0.717) is 17.5 Å². The Morgan fingerprint density at radius 3 is 1.59 bits per heavy atom. The van der Waals surface area contributed by atoms with Crippen molar-refractivity contribution in [3.8, 4) is 45.5 Å². The number of benzene rings is 9. The minimum absolute atomic E-state index is 0.630. The molecule has 0 aliphatic rings. The van der Waals surface area contributed by atoms with Crippen molar-refractivity contribution in [1.29, 1.82) is 0 Å². The Labute approximate surface area is 333 Å². The predicted octanol–water partition coefficient (Wildman–Crippen LogP) is 13.4. The molecule has 0 fully saturated rings. The van der Waals surface area contributed by atoms with Gasteiger partial charge in [0, 0.05) is 49.6 Å². The number of para-hydroxylation sites is 2. The lowest BCUT2D eigenvalue weighted by atomic mass is 10.0. The van der Waals surface area contributed by atoms with Gasteiger partial charge in [-0.1, -0.05) is 158 Å². The van der Waals surface area contributed by atoms with Crippen molar-refractivity contribution in [3.05, 3.63) is 200 Å². The fraction of sp³-hybridized carbons (Fsp3) is 0. The van der Waals surface area contributed by atoms with Crippen LogP contribution in [0.3, 0.4) is 0 Å². The maximum atomic E-state index is 5.20. The first-order valence-corrected chi connectivity index (χ1v) is 19.6. The molecule has 0 saturated heterocycles. The number of hydrogen-bond donors (Lipinski definition) is 0. The van der Waals surface area contributed by atoms with Gasteiger partial charge in [-0.05, 0) is 64.0 Å². The summed E-state index contributed by atoms with van der Waals surface area (Å²) >= 11 is 0. The van der Waals surface area contributed by atoms with E-state index >= 15 is 0 Å². The highest BCUT2D eigenvalue weighted by molar-refractivity contribution is 6.30. The Bertz CT molecular complexity index is 3490. The number of nitrogens with zero attached hydrogens (tertiary/aromatic N) is 5. The van der Waals surface area contributed by atoms with E-state index < -0.39 is 0 Å². The predicted molar refractivity (Wildman–Crippen MR) is 240 cm³/mol. The standard InChI is InChI=1S/C53H33N5/c1-4-17-35(18-5-1)51-54-52(36-19-6-2-7-20-36)56-53(55-51)44-33-39(32-37-21-11-12-24-40(37)44)57-45-27-15-14-26-42(45)49-47(57)31-29-43-48-41-25-13-10-16-34(41)28-30-46(48)58(50(43)49)38-22-8-3-9-23-38/h1-33H. The van der Waals surface area contributed by atoms with E-state index in [-0.39, 0.29) is 0 Å². The van der Waals surface area contributed by atoms with Gasteiger partial charge in [0.15, 0.2) is 17.5 Å². The Balaban J connectivity index is 1.19. The average molecular weight is 740 g/mol. The first-order chi connectivity index (χ1) is 28.8. The molecule has 0 aliphatic heterocycles.